The number of rotatable bonds is 4. The van der Waals surface area contributed by atoms with Gasteiger partial charge in [0.2, 0.25) is 0 Å². The standard InChI is InChI=1S/C10H14BrN3O/c1-10(2,15)6-14-9-7(5-12)8(11)3-4-13-9/h3-5,12,15H,6H2,1-2H3,(H,13,14). The van der Waals surface area contributed by atoms with Gasteiger partial charge in [-0.3, -0.25) is 0 Å². The van der Waals surface area contributed by atoms with Crippen molar-refractivity contribution in [3.63, 3.8) is 0 Å². The van der Waals surface area contributed by atoms with Crippen molar-refractivity contribution < 1.29 is 5.11 Å². The fourth-order valence-electron chi connectivity index (χ4n) is 1.03. The van der Waals surface area contributed by atoms with Crippen LogP contribution in [0.4, 0.5) is 5.82 Å². The van der Waals surface area contributed by atoms with E-state index in [9.17, 15) is 5.11 Å². The lowest BCUT2D eigenvalue weighted by Crippen LogP contribution is -2.30. The zero-order valence-corrected chi connectivity index (χ0v) is 10.3. The molecule has 1 rings (SSSR count). The normalized spacial score (nSPS) is 11.2. The molecule has 0 aliphatic heterocycles. The predicted octanol–water partition coefficient (Wildman–Crippen LogP) is 2.02. The van der Waals surface area contributed by atoms with Gasteiger partial charge < -0.3 is 15.8 Å². The zero-order valence-electron chi connectivity index (χ0n) is 8.71. The van der Waals surface area contributed by atoms with Crippen LogP contribution < -0.4 is 5.32 Å². The highest BCUT2D eigenvalue weighted by molar-refractivity contribution is 9.10. The Balaban J connectivity index is 2.85. The van der Waals surface area contributed by atoms with E-state index < -0.39 is 5.60 Å². The number of nitrogens with zero attached hydrogens (tertiary/aromatic N) is 1. The number of pyridine rings is 1. The van der Waals surface area contributed by atoms with Crippen molar-refractivity contribution in [1.29, 1.82) is 5.41 Å². The Bertz CT molecular complexity index is 360. The van der Waals surface area contributed by atoms with Crippen LogP contribution in [0.2, 0.25) is 0 Å². The van der Waals surface area contributed by atoms with Crippen LogP contribution in [0.15, 0.2) is 16.7 Å². The topological polar surface area (TPSA) is 69.0 Å². The summed E-state index contributed by atoms with van der Waals surface area (Å²) in [6, 6.07) is 1.77. The molecule has 0 spiro atoms. The second-order valence-corrected chi connectivity index (χ2v) is 4.72. The van der Waals surface area contributed by atoms with Crippen molar-refractivity contribution in [3.05, 3.63) is 22.3 Å². The molecule has 5 heteroatoms. The molecule has 0 saturated carbocycles. The molecular weight excluding hydrogens is 258 g/mol. The largest absolute Gasteiger partial charge is 0.389 e. The molecule has 0 atom stereocenters. The highest BCUT2D eigenvalue weighted by Crippen LogP contribution is 2.20. The van der Waals surface area contributed by atoms with Crippen LogP contribution in [0.5, 0.6) is 0 Å². The summed E-state index contributed by atoms with van der Waals surface area (Å²) in [4.78, 5) is 4.11. The van der Waals surface area contributed by atoms with Gasteiger partial charge in [-0.2, -0.15) is 0 Å². The number of hydrogen-bond acceptors (Lipinski definition) is 4. The van der Waals surface area contributed by atoms with Gasteiger partial charge in [0.05, 0.1) is 5.60 Å². The van der Waals surface area contributed by atoms with E-state index in [0.29, 0.717) is 17.9 Å². The van der Waals surface area contributed by atoms with Gasteiger partial charge in [-0.15, -0.1) is 0 Å². The first-order valence-electron chi connectivity index (χ1n) is 4.55. The number of anilines is 1. The molecule has 3 N–H and O–H groups in total. The second kappa shape index (κ2) is 4.72. The Morgan fingerprint density at radius 3 is 2.87 bits per heavy atom. The highest BCUT2D eigenvalue weighted by atomic mass is 79.9. The van der Waals surface area contributed by atoms with Crippen LogP contribution in [0.3, 0.4) is 0 Å². The maximum absolute atomic E-state index is 9.55. The summed E-state index contributed by atoms with van der Waals surface area (Å²) in [6.45, 7) is 3.81. The molecule has 0 aliphatic carbocycles. The second-order valence-electron chi connectivity index (χ2n) is 3.87. The Hall–Kier alpha value is -0.940. The van der Waals surface area contributed by atoms with E-state index in [1.165, 1.54) is 6.21 Å². The average Bonchev–Trinajstić information content (AvgIpc) is 2.13. The van der Waals surface area contributed by atoms with Crippen LogP contribution in [-0.4, -0.2) is 28.5 Å². The minimum Gasteiger partial charge on any atom is -0.389 e. The summed E-state index contributed by atoms with van der Waals surface area (Å²) < 4.78 is 0.811. The van der Waals surface area contributed by atoms with E-state index in [-0.39, 0.29) is 0 Å². The molecule has 82 valence electrons. The molecular formula is C10H14BrN3O. The van der Waals surface area contributed by atoms with Crippen molar-refractivity contribution in [2.75, 3.05) is 11.9 Å². The van der Waals surface area contributed by atoms with Gasteiger partial charge in [0, 0.05) is 29.0 Å². The summed E-state index contributed by atoms with van der Waals surface area (Å²) in [5.74, 6) is 0.599. The lowest BCUT2D eigenvalue weighted by Gasteiger charge is -2.19. The SMILES string of the molecule is CC(C)(O)CNc1nccc(Br)c1C=N. The van der Waals surface area contributed by atoms with Gasteiger partial charge in [-0.1, -0.05) is 0 Å². The third kappa shape index (κ3) is 3.60. The highest BCUT2D eigenvalue weighted by Gasteiger charge is 2.13. The molecule has 4 nitrogen and oxygen atoms in total. The van der Waals surface area contributed by atoms with E-state index in [1.807, 2.05) is 0 Å². The quantitative estimate of drug-likeness (QED) is 0.734. The lowest BCUT2D eigenvalue weighted by molar-refractivity contribution is 0.0944. The molecule has 0 aliphatic rings. The number of hydrogen-bond donors (Lipinski definition) is 3. The summed E-state index contributed by atoms with van der Waals surface area (Å²) >= 11 is 3.33. The van der Waals surface area contributed by atoms with Crippen LogP contribution >= 0.6 is 15.9 Å². The molecule has 0 bridgehead atoms. The van der Waals surface area contributed by atoms with Crippen molar-refractivity contribution in [2.24, 2.45) is 0 Å². The number of halogens is 1. The van der Waals surface area contributed by atoms with Gasteiger partial charge >= 0.3 is 0 Å². The van der Waals surface area contributed by atoms with E-state index in [4.69, 9.17) is 5.41 Å². The summed E-state index contributed by atoms with van der Waals surface area (Å²) in [6.07, 6.45) is 2.87. The summed E-state index contributed by atoms with van der Waals surface area (Å²) in [5.41, 5.74) is -0.120. The third-order valence-electron chi connectivity index (χ3n) is 1.77. The minimum absolute atomic E-state index is 0.386. The molecule has 1 aromatic heterocycles. The molecule has 15 heavy (non-hydrogen) atoms. The van der Waals surface area contributed by atoms with E-state index >= 15 is 0 Å². The maximum atomic E-state index is 9.55. The lowest BCUT2D eigenvalue weighted by atomic mass is 10.1. The van der Waals surface area contributed by atoms with Crippen LogP contribution in [-0.2, 0) is 0 Å². The molecule has 0 unspecified atom stereocenters. The first-order valence-corrected chi connectivity index (χ1v) is 5.34. The molecule has 0 saturated heterocycles. The molecule has 0 amide bonds. The zero-order chi connectivity index (χ0) is 11.5. The maximum Gasteiger partial charge on any atom is 0.135 e. The van der Waals surface area contributed by atoms with E-state index in [2.05, 4.69) is 26.2 Å². The number of aromatic nitrogens is 1. The van der Waals surface area contributed by atoms with Crippen LogP contribution in [0.25, 0.3) is 0 Å². The van der Waals surface area contributed by atoms with Crippen molar-refractivity contribution >= 4 is 28.0 Å². The minimum atomic E-state index is -0.802. The van der Waals surface area contributed by atoms with Gasteiger partial charge in [-0.05, 0) is 35.8 Å². The monoisotopic (exact) mass is 271 g/mol. The Kier molecular flexibility index (Phi) is 3.82. The van der Waals surface area contributed by atoms with Crippen molar-refractivity contribution in [3.8, 4) is 0 Å². The number of aliphatic hydroxyl groups is 1. The van der Waals surface area contributed by atoms with Crippen LogP contribution in [0, 0.1) is 5.41 Å². The summed E-state index contributed by atoms with van der Waals surface area (Å²) in [5, 5.41) is 19.8. The third-order valence-corrected chi connectivity index (χ3v) is 2.46. The van der Waals surface area contributed by atoms with Gasteiger partial charge in [-0.25, -0.2) is 4.98 Å². The molecule has 0 radical (unpaired) electrons. The van der Waals surface area contributed by atoms with Crippen molar-refractivity contribution in [1.82, 2.24) is 4.98 Å². The van der Waals surface area contributed by atoms with E-state index in [1.54, 1.807) is 26.1 Å². The Morgan fingerprint density at radius 2 is 2.33 bits per heavy atom. The summed E-state index contributed by atoms with van der Waals surface area (Å²) in [7, 11) is 0. The Labute approximate surface area is 97.4 Å². The van der Waals surface area contributed by atoms with Crippen molar-refractivity contribution in [2.45, 2.75) is 19.4 Å². The predicted molar refractivity (Wildman–Crippen MR) is 64.6 cm³/mol. The first kappa shape index (κ1) is 12.1. The van der Waals surface area contributed by atoms with E-state index in [0.717, 1.165) is 4.47 Å². The van der Waals surface area contributed by atoms with Gasteiger partial charge in [0.1, 0.15) is 5.82 Å². The van der Waals surface area contributed by atoms with Gasteiger partial charge in [0.15, 0.2) is 0 Å². The first-order chi connectivity index (χ1) is 6.94. The Morgan fingerprint density at radius 1 is 1.67 bits per heavy atom. The fourth-order valence-corrected chi connectivity index (χ4v) is 1.45. The smallest absolute Gasteiger partial charge is 0.135 e. The number of nitrogens with one attached hydrogen (secondary N) is 2. The van der Waals surface area contributed by atoms with Gasteiger partial charge in [0.25, 0.3) is 0 Å². The molecule has 0 aromatic carbocycles. The molecule has 0 fully saturated rings. The molecule has 1 aromatic rings. The van der Waals surface area contributed by atoms with Crippen LogP contribution in [0.1, 0.15) is 19.4 Å². The molecule has 1 heterocycles. The fraction of sp³-hybridized carbons (Fsp3) is 0.400. The average molecular weight is 272 g/mol.